The number of piperidine rings is 1. The molecule has 3 saturated heterocycles. The molecule has 5 aliphatic rings. The molecule has 0 radical (unpaired) electrons. The molecule has 1 aliphatic carbocycles. The van der Waals surface area contributed by atoms with Crippen LogP contribution in [-0.4, -0.2) is 218 Å². The molecule has 23 heteroatoms. The monoisotopic (exact) mass is 1270 g/mol. The summed E-state index contributed by atoms with van der Waals surface area (Å²) in [7, 11) is 7.79. The Bertz CT molecular complexity index is 2770. The van der Waals surface area contributed by atoms with Gasteiger partial charge in [0.05, 0.1) is 31.4 Å². The molecule has 1 aromatic heterocycles. The maximum Gasteiger partial charge on any atom is 0.329 e. The van der Waals surface area contributed by atoms with E-state index in [4.69, 9.17) is 28.4 Å². The van der Waals surface area contributed by atoms with E-state index in [9.17, 15) is 48.6 Å². The van der Waals surface area contributed by atoms with Gasteiger partial charge in [-0.3, -0.25) is 38.5 Å². The van der Waals surface area contributed by atoms with Crippen LogP contribution in [0.1, 0.15) is 138 Å². The molecular weight excluding hydrogens is 1170 g/mol. The van der Waals surface area contributed by atoms with E-state index in [1.165, 1.54) is 12.0 Å². The Morgan fingerprint density at radius 1 is 0.835 bits per heavy atom. The van der Waals surface area contributed by atoms with Gasteiger partial charge in [0.1, 0.15) is 36.2 Å². The number of anilines is 1. The van der Waals surface area contributed by atoms with Gasteiger partial charge in [-0.05, 0) is 126 Å². The molecule has 506 valence electrons. The number of aromatic nitrogens is 2. The number of esters is 2. The molecule has 1 aromatic rings. The number of carbonyl (C=O) groups is 8. The second kappa shape index (κ2) is 35.3. The normalized spacial score (nSPS) is 33.2. The number of cyclic esters (lactones) is 1. The van der Waals surface area contributed by atoms with E-state index in [-0.39, 0.29) is 80.5 Å². The number of rotatable bonds is 15. The van der Waals surface area contributed by atoms with Crippen molar-refractivity contribution >= 4 is 53.0 Å². The summed E-state index contributed by atoms with van der Waals surface area (Å²) in [5, 5.41) is 26.3. The Morgan fingerprint density at radius 3 is 2.22 bits per heavy atom. The van der Waals surface area contributed by atoms with Crippen LogP contribution in [0.15, 0.2) is 60.0 Å². The second-order valence-corrected chi connectivity index (χ2v) is 26.2. The van der Waals surface area contributed by atoms with Gasteiger partial charge in [0.15, 0.2) is 5.78 Å². The molecule has 4 aliphatic heterocycles. The van der Waals surface area contributed by atoms with Gasteiger partial charge < -0.3 is 58.7 Å². The minimum Gasteiger partial charge on any atom is -0.460 e. The third-order valence-electron chi connectivity index (χ3n) is 19.1. The first kappa shape index (κ1) is 74.0. The van der Waals surface area contributed by atoms with Crippen LogP contribution in [0.25, 0.3) is 0 Å². The van der Waals surface area contributed by atoms with Gasteiger partial charge in [-0.25, -0.2) is 14.8 Å². The Hall–Kier alpha value is -6.08. The van der Waals surface area contributed by atoms with Crippen LogP contribution in [0.2, 0.25) is 0 Å². The van der Waals surface area contributed by atoms with Gasteiger partial charge in [0.25, 0.3) is 11.7 Å². The third kappa shape index (κ3) is 20.7. The van der Waals surface area contributed by atoms with E-state index in [1.54, 1.807) is 84.3 Å². The number of piperazine rings is 1. The fourth-order valence-corrected chi connectivity index (χ4v) is 13.2. The summed E-state index contributed by atoms with van der Waals surface area (Å²) in [6.07, 6.45) is 14.0. The van der Waals surface area contributed by atoms with Crippen molar-refractivity contribution in [3.05, 3.63) is 65.6 Å². The lowest BCUT2D eigenvalue weighted by Crippen LogP contribution is -2.61. The van der Waals surface area contributed by atoms with Gasteiger partial charge in [-0.15, -0.1) is 0 Å². The number of hydrogen-bond acceptors (Lipinski definition) is 20. The molecule has 0 spiro atoms. The third-order valence-corrected chi connectivity index (χ3v) is 19.1. The van der Waals surface area contributed by atoms with Crippen molar-refractivity contribution in [2.45, 2.75) is 193 Å². The van der Waals surface area contributed by atoms with Crippen molar-refractivity contribution in [1.29, 1.82) is 0 Å². The SMILES string of the molecule is CNC(=O)CN(C)CC(=O)N1CCN(c2ncc(CCC(=O)O[C@@H]3CC[C@@H](C[C@@H](C)[C@@H]4CC(=O)[C@H](C)/C=C(\C)[C@@H](O)[C@@H](OC)C(=O)[C@H](C)C[C@H](C)/C=C/C=C/C=C(\C)[C@@H](OC)C[C@@H]5CC[C@@H](C)[C@@](O)(O5)C(=O)C(=O)N5CCCC[C@H]5C(=O)O4)C[C@H]3OC)cn2)CC1. The lowest BCUT2D eigenvalue weighted by molar-refractivity contribution is -0.265. The Kier molecular flexibility index (Phi) is 28.7. The molecule has 2 bridgehead atoms. The number of nitrogens with zero attached hydrogens (tertiary/aromatic N) is 6. The molecule has 0 aromatic carbocycles. The van der Waals surface area contributed by atoms with Gasteiger partial charge >= 0.3 is 11.9 Å². The standard InChI is InChI=1S/C68H103N7O16/c1-42-18-14-13-15-19-43(2)55(86-10)36-51-24-21-48(7)68(85,91-51)64(82)65(83)75-27-17-16-20-52(75)66(84)90-56(37-53(76)44(3)33-47(6)62(81)63(88-12)61(80)46(5)32-42)45(4)34-49-22-25-54(57(35-49)87-11)89-60(79)26-23-50-38-70-67(71-39-50)74-30-28-73(29-31-74)59(78)41-72(9)40-58(77)69-8/h13-15,18-19,33,38-39,42,44-46,48-49,51-52,54-57,62-63,81,85H,16-17,20-32,34-37,40-41H2,1-12H3,(H,69,77)/b15-13+,18-14+,43-19+,47-33+/t42-,44-,45-,46-,48-,49+,51+,52+,54-,55+,56+,57-,62-,63+,68-/m1/s1. The van der Waals surface area contributed by atoms with Crippen LogP contribution in [0.4, 0.5) is 5.95 Å². The molecule has 3 amide bonds. The van der Waals surface area contributed by atoms with Crippen molar-refractivity contribution in [2.24, 2.45) is 35.5 Å². The van der Waals surface area contributed by atoms with Crippen LogP contribution in [-0.2, 0) is 73.2 Å². The number of amides is 3. The zero-order chi connectivity index (χ0) is 66.7. The summed E-state index contributed by atoms with van der Waals surface area (Å²) in [5.41, 5.74) is 1.97. The minimum absolute atomic E-state index is 0.0117. The number of Topliss-reactive ketones (excluding diaryl/α,β-unsaturated/α-hetero) is 3. The fraction of sp³-hybridized carbons (Fsp3) is 0.706. The van der Waals surface area contributed by atoms with Crippen LogP contribution in [0, 0.1) is 35.5 Å². The predicted molar refractivity (Wildman–Crippen MR) is 340 cm³/mol. The van der Waals surface area contributed by atoms with E-state index in [0.717, 1.165) is 11.1 Å². The molecular formula is C68H103N7O16. The number of ether oxygens (including phenoxy) is 6. The van der Waals surface area contributed by atoms with Crippen LogP contribution in [0.5, 0.6) is 0 Å². The highest BCUT2D eigenvalue weighted by molar-refractivity contribution is 6.39. The Morgan fingerprint density at radius 2 is 1.55 bits per heavy atom. The molecule has 1 saturated carbocycles. The van der Waals surface area contributed by atoms with Crippen molar-refractivity contribution in [1.82, 2.24) is 30.0 Å². The zero-order valence-corrected chi connectivity index (χ0v) is 55.8. The number of nitrogens with one attached hydrogen (secondary N) is 1. The second-order valence-electron chi connectivity index (χ2n) is 26.2. The maximum atomic E-state index is 14.7. The number of hydrogen-bond donors (Lipinski definition) is 3. The lowest BCUT2D eigenvalue weighted by atomic mass is 9.78. The topological polar surface area (TPSA) is 283 Å². The molecule has 5 heterocycles. The number of carbonyl (C=O) groups excluding carboxylic acids is 8. The van der Waals surface area contributed by atoms with Crippen molar-refractivity contribution in [3.8, 4) is 0 Å². The molecule has 6 rings (SSSR count). The zero-order valence-electron chi connectivity index (χ0n) is 55.8. The predicted octanol–water partition coefficient (Wildman–Crippen LogP) is 5.48. The molecule has 0 unspecified atom stereocenters. The first-order chi connectivity index (χ1) is 43.3. The van der Waals surface area contributed by atoms with Crippen molar-refractivity contribution in [3.63, 3.8) is 0 Å². The van der Waals surface area contributed by atoms with E-state index >= 15 is 0 Å². The van der Waals surface area contributed by atoms with E-state index < -0.39 is 102 Å². The van der Waals surface area contributed by atoms with Crippen LogP contribution >= 0.6 is 0 Å². The fourth-order valence-electron chi connectivity index (χ4n) is 13.2. The molecule has 15 atom stereocenters. The molecule has 4 fully saturated rings. The van der Waals surface area contributed by atoms with Crippen LogP contribution < -0.4 is 10.2 Å². The van der Waals surface area contributed by atoms with Crippen LogP contribution in [0.3, 0.4) is 0 Å². The summed E-state index contributed by atoms with van der Waals surface area (Å²) in [6, 6.07) is -1.20. The number of aliphatic hydroxyl groups excluding tert-OH is 1. The summed E-state index contributed by atoms with van der Waals surface area (Å²) in [5.74, 6) is -8.68. The van der Waals surface area contributed by atoms with Crippen molar-refractivity contribution < 1.29 is 77.0 Å². The number of aliphatic hydroxyl groups is 2. The smallest absolute Gasteiger partial charge is 0.329 e. The summed E-state index contributed by atoms with van der Waals surface area (Å²) in [6.45, 7) is 14.9. The van der Waals surface area contributed by atoms with E-state index in [2.05, 4.69) is 15.3 Å². The van der Waals surface area contributed by atoms with Gasteiger partial charge in [0, 0.05) is 111 Å². The summed E-state index contributed by atoms with van der Waals surface area (Å²) < 4.78 is 36.1. The minimum atomic E-state index is -2.48. The number of aryl methyl sites for hydroxylation is 1. The highest BCUT2D eigenvalue weighted by atomic mass is 16.6. The highest BCUT2D eigenvalue weighted by Crippen LogP contribution is 2.38. The lowest BCUT2D eigenvalue weighted by Gasteiger charge is -2.42. The Labute approximate surface area is 538 Å². The average Bonchev–Trinajstić information content (AvgIpc) is 0.962. The Balaban J connectivity index is 1.14. The quantitative estimate of drug-likeness (QED) is 0.111. The van der Waals surface area contributed by atoms with E-state index in [1.807, 2.05) is 56.1 Å². The largest absolute Gasteiger partial charge is 0.460 e. The van der Waals surface area contributed by atoms with Gasteiger partial charge in [0.2, 0.25) is 23.5 Å². The average molecular weight is 1270 g/mol. The number of fused-ring (bicyclic) bond motifs is 3. The number of methoxy groups -OCH3 is 3. The van der Waals surface area contributed by atoms with Crippen molar-refractivity contribution in [2.75, 3.05) is 86.1 Å². The molecule has 23 nitrogen and oxygen atoms in total. The van der Waals surface area contributed by atoms with Gasteiger partial charge in [-0.1, -0.05) is 71.1 Å². The highest BCUT2D eigenvalue weighted by Gasteiger charge is 2.53. The number of allylic oxidation sites excluding steroid dienone is 6. The van der Waals surface area contributed by atoms with E-state index in [0.29, 0.717) is 102 Å². The number of ketones is 3. The maximum absolute atomic E-state index is 14.7. The molecule has 91 heavy (non-hydrogen) atoms. The first-order valence-corrected chi connectivity index (χ1v) is 32.7. The summed E-state index contributed by atoms with van der Waals surface area (Å²) >= 11 is 0. The molecule has 3 N–H and O–H groups in total. The van der Waals surface area contributed by atoms with Gasteiger partial charge in [-0.2, -0.15) is 0 Å². The first-order valence-electron chi connectivity index (χ1n) is 32.7. The summed E-state index contributed by atoms with van der Waals surface area (Å²) in [4.78, 5) is 126. The number of likely N-dealkylation sites (N-methyl/N-ethyl adjacent to an activating group) is 2.